The molecule has 34 heavy (non-hydrogen) atoms. The van der Waals surface area contributed by atoms with Crippen LogP contribution in [-0.4, -0.2) is 35.2 Å². The highest BCUT2D eigenvalue weighted by atomic mass is 19.4. The summed E-state index contributed by atoms with van der Waals surface area (Å²) >= 11 is 0. The highest BCUT2D eigenvalue weighted by molar-refractivity contribution is 6.02. The summed E-state index contributed by atoms with van der Waals surface area (Å²) in [5.41, 5.74) is 1.91. The molecule has 3 heterocycles. The van der Waals surface area contributed by atoms with Gasteiger partial charge >= 0.3 is 6.18 Å². The summed E-state index contributed by atoms with van der Waals surface area (Å²) in [6.07, 6.45) is 2.08. The number of rotatable bonds is 8. The Kier molecular flexibility index (Phi) is 6.39. The average molecular weight is 473 g/mol. The van der Waals surface area contributed by atoms with Crippen LogP contribution in [0.3, 0.4) is 0 Å². The Labute approximate surface area is 192 Å². The fraction of sp³-hybridized carbons (Fsp3) is 0.273. The van der Waals surface area contributed by atoms with Crippen LogP contribution in [0.1, 0.15) is 34.2 Å². The van der Waals surface area contributed by atoms with E-state index in [1.54, 1.807) is 17.1 Å². The molecule has 1 aromatic carbocycles. The number of alkyl halides is 3. The van der Waals surface area contributed by atoms with Crippen LogP contribution in [0.5, 0.6) is 5.75 Å². The van der Waals surface area contributed by atoms with Gasteiger partial charge in [0.05, 0.1) is 30.2 Å². The van der Waals surface area contributed by atoms with Crippen LogP contribution >= 0.6 is 0 Å². The minimum Gasteiger partial charge on any atom is -0.471 e. The molecule has 178 valence electrons. The normalized spacial score (nSPS) is 11.6. The molecular weight excluding hydrogens is 451 g/mol. The van der Waals surface area contributed by atoms with Crippen LogP contribution in [0.25, 0.3) is 0 Å². The third-order valence-electron chi connectivity index (χ3n) is 5.13. The summed E-state index contributed by atoms with van der Waals surface area (Å²) in [5.74, 6) is -0.407. The van der Waals surface area contributed by atoms with Crippen molar-refractivity contribution in [1.82, 2.24) is 29.3 Å². The van der Waals surface area contributed by atoms with Gasteiger partial charge in [0.2, 0.25) is 0 Å². The van der Waals surface area contributed by atoms with E-state index >= 15 is 0 Å². The van der Waals surface area contributed by atoms with E-state index in [0.29, 0.717) is 12.2 Å². The Balaban J connectivity index is 1.34. The average Bonchev–Trinajstić information content (AvgIpc) is 3.53. The molecule has 0 saturated carbocycles. The first-order valence-corrected chi connectivity index (χ1v) is 10.4. The fourth-order valence-corrected chi connectivity index (χ4v) is 3.30. The minimum atomic E-state index is -4.46. The van der Waals surface area contributed by atoms with Crippen molar-refractivity contribution >= 4 is 11.6 Å². The molecule has 0 bridgehead atoms. The molecule has 3 aromatic heterocycles. The fourth-order valence-electron chi connectivity index (χ4n) is 3.30. The Hall–Kier alpha value is -4.09. The molecule has 4 rings (SSSR count). The van der Waals surface area contributed by atoms with Crippen molar-refractivity contribution in [2.45, 2.75) is 39.8 Å². The summed E-state index contributed by atoms with van der Waals surface area (Å²) in [6.45, 7) is 5.15. The van der Waals surface area contributed by atoms with Gasteiger partial charge in [-0.05, 0) is 38.1 Å². The predicted octanol–water partition coefficient (Wildman–Crippen LogP) is 3.96. The molecular formula is C22H22F3N7O2. The number of carbonyl (C=O) groups excluding carboxylic acids is 1. The maximum Gasteiger partial charge on any atom is 0.416 e. The van der Waals surface area contributed by atoms with Gasteiger partial charge in [0, 0.05) is 30.2 Å². The van der Waals surface area contributed by atoms with E-state index in [9.17, 15) is 18.0 Å². The van der Waals surface area contributed by atoms with Crippen molar-refractivity contribution in [3.8, 4) is 5.75 Å². The lowest BCUT2D eigenvalue weighted by Gasteiger charge is -2.10. The molecule has 0 aliphatic carbocycles. The Morgan fingerprint density at radius 1 is 1.15 bits per heavy atom. The molecule has 0 saturated heterocycles. The number of hydrogen-bond donors (Lipinski definition) is 1. The van der Waals surface area contributed by atoms with E-state index in [-0.39, 0.29) is 18.2 Å². The van der Waals surface area contributed by atoms with Gasteiger partial charge in [-0.25, -0.2) is 4.68 Å². The second kappa shape index (κ2) is 9.41. The van der Waals surface area contributed by atoms with Crippen LogP contribution in [-0.2, 0) is 26.0 Å². The molecule has 0 unspecified atom stereocenters. The van der Waals surface area contributed by atoms with Crippen LogP contribution in [0.2, 0.25) is 0 Å². The summed E-state index contributed by atoms with van der Waals surface area (Å²) in [7, 11) is 0. The van der Waals surface area contributed by atoms with Crippen molar-refractivity contribution in [1.29, 1.82) is 0 Å². The number of amides is 1. The number of aryl methyl sites for hydroxylation is 1. The summed E-state index contributed by atoms with van der Waals surface area (Å²) in [5, 5.41) is 15.4. The first-order valence-electron chi connectivity index (χ1n) is 10.4. The molecule has 9 nitrogen and oxygen atoms in total. The molecule has 1 amide bonds. The smallest absolute Gasteiger partial charge is 0.416 e. The first kappa shape index (κ1) is 23.1. The van der Waals surface area contributed by atoms with Crippen molar-refractivity contribution in [2.75, 3.05) is 5.32 Å². The van der Waals surface area contributed by atoms with Crippen molar-refractivity contribution < 1.29 is 22.7 Å². The molecule has 1 N–H and O–H groups in total. The number of nitrogens with one attached hydrogen (secondary N) is 1. The van der Waals surface area contributed by atoms with E-state index in [4.69, 9.17) is 4.74 Å². The van der Waals surface area contributed by atoms with Gasteiger partial charge in [-0.2, -0.15) is 28.5 Å². The van der Waals surface area contributed by atoms with Crippen LogP contribution < -0.4 is 10.1 Å². The maximum atomic E-state index is 12.8. The molecule has 0 fully saturated rings. The Morgan fingerprint density at radius 2 is 1.97 bits per heavy atom. The SMILES string of the molecule is CCn1ncc(Cn2cc(NC(=O)c3ccn(COc4cccc(C(F)(F)F)c4)n3)cn2)c1C. The van der Waals surface area contributed by atoms with Crippen molar-refractivity contribution in [3.05, 3.63) is 77.6 Å². The molecule has 0 atom stereocenters. The summed E-state index contributed by atoms with van der Waals surface area (Å²) < 4.78 is 48.7. The zero-order chi connectivity index (χ0) is 24.3. The number of hydrogen-bond acceptors (Lipinski definition) is 5. The summed E-state index contributed by atoms with van der Waals surface area (Å²) in [4.78, 5) is 12.5. The molecule has 0 spiro atoms. The van der Waals surface area contributed by atoms with Gasteiger partial charge in [0.15, 0.2) is 12.4 Å². The number of anilines is 1. The zero-order valence-corrected chi connectivity index (χ0v) is 18.5. The number of ether oxygens (including phenoxy) is 1. The molecule has 4 aromatic rings. The van der Waals surface area contributed by atoms with E-state index in [1.165, 1.54) is 35.3 Å². The highest BCUT2D eigenvalue weighted by Gasteiger charge is 2.30. The lowest BCUT2D eigenvalue weighted by Crippen LogP contribution is -2.14. The highest BCUT2D eigenvalue weighted by Crippen LogP contribution is 2.31. The second-order valence-electron chi connectivity index (χ2n) is 7.49. The van der Waals surface area contributed by atoms with Gasteiger partial charge in [0.25, 0.3) is 5.91 Å². The number of nitrogens with zero attached hydrogens (tertiary/aromatic N) is 6. The van der Waals surface area contributed by atoms with Crippen LogP contribution in [0, 0.1) is 6.92 Å². The van der Waals surface area contributed by atoms with Crippen LogP contribution in [0.15, 0.2) is 55.1 Å². The molecule has 0 aliphatic heterocycles. The van der Waals surface area contributed by atoms with Crippen molar-refractivity contribution in [2.24, 2.45) is 0 Å². The minimum absolute atomic E-state index is 0.0449. The lowest BCUT2D eigenvalue weighted by atomic mass is 10.2. The Morgan fingerprint density at radius 3 is 2.71 bits per heavy atom. The summed E-state index contributed by atoms with van der Waals surface area (Å²) in [6, 6.07) is 6.03. The number of carbonyl (C=O) groups is 1. The van der Waals surface area contributed by atoms with Gasteiger partial charge in [0.1, 0.15) is 5.75 Å². The largest absolute Gasteiger partial charge is 0.471 e. The lowest BCUT2D eigenvalue weighted by molar-refractivity contribution is -0.137. The third-order valence-corrected chi connectivity index (χ3v) is 5.13. The van der Waals surface area contributed by atoms with E-state index in [2.05, 4.69) is 20.6 Å². The molecule has 0 radical (unpaired) electrons. The number of aromatic nitrogens is 6. The van der Waals surface area contributed by atoms with Gasteiger partial charge in [-0.3, -0.25) is 14.2 Å². The van der Waals surface area contributed by atoms with Crippen LogP contribution in [0.4, 0.5) is 18.9 Å². The number of benzene rings is 1. The van der Waals surface area contributed by atoms with Gasteiger partial charge in [-0.15, -0.1) is 0 Å². The van der Waals surface area contributed by atoms with Gasteiger partial charge in [-0.1, -0.05) is 6.07 Å². The topological polar surface area (TPSA) is 91.8 Å². The second-order valence-corrected chi connectivity index (χ2v) is 7.49. The predicted molar refractivity (Wildman–Crippen MR) is 116 cm³/mol. The Bertz CT molecular complexity index is 1290. The quantitative estimate of drug-likeness (QED) is 0.418. The standard InChI is InChI=1S/C22H22F3N7O2/c1-3-32-15(2)16(10-27-32)12-31-13-18(11-26-31)28-21(33)20-7-8-30(29-20)14-34-19-6-4-5-17(9-19)22(23,24)25/h4-11,13H,3,12,14H2,1-2H3,(H,28,33). The van der Waals surface area contributed by atoms with E-state index in [1.807, 2.05) is 18.5 Å². The van der Waals surface area contributed by atoms with Crippen molar-refractivity contribution in [3.63, 3.8) is 0 Å². The third kappa shape index (κ3) is 5.27. The zero-order valence-electron chi connectivity index (χ0n) is 18.5. The molecule has 12 heteroatoms. The molecule has 0 aliphatic rings. The van der Waals surface area contributed by atoms with Gasteiger partial charge < -0.3 is 10.1 Å². The first-order chi connectivity index (χ1) is 16.2. The van der Waals surface area contributed by atoms with E-state index in [0.717, 1.165) is 29.9 Å². The monoisotopic (exact) mass is 473 g/mol. The number of halogens is 3. The van der Waals surface area contributed by atoms with E-state index < -0.39 is 17.6 Å². The maximum absolute atomic E-state index is 12.8.